The highest BCUT2D eigenvalue weighted by Crippen LogP contribution is 2.19. The van der Waals surface area contributed by atoms with Crippen molar-refractivity contribution in [3.8, 4) is 0 Å². The van der Waals surface area contributed by atoms with E-state index in [2.05, 4.69) is 20.5 Å². The van der Waals surface area contributed by atoms with Crippen LogP contribution in [0.25, 0.3) is 0 Å². The molecule has 1 N–H and O–H groups in total. The summed E-state index contributed by atoms with van der Waals surface area (Å²) in [6.45, 7) is 0. The molecule has 1 aromatic heterocycles. The first-order valence-corrected chi connectivity index (χ1v) is 6.34. The number of nitrogens with one attached hydrogen (secondary N) is 1. The average Bonchev–Trinajstić information content (AvgIpc) is 2.22. The molecule has 1 aliphatic carbocycles. The third-order valence-corrected chi connectivity index (χ3v) is 3.15. The first kappa shape index (κ1) is 11.6. The van der Waals surface area contributed by atoms with Crippen LogP contribution in [0.3, 0.4) is 0 Å². The van der Waals surface area contributed by atoms with Crippen molar-refractivity contribution in [2.75, 3.05) is 5.32 Å². The zero-order valence-corrected chi connectivity index (χ0v) is 10.1. The molecule has 0 radical (unpaired) electrons. The number of halogens is 1. The lowest BCUT2D eigenvalue weighted by atomic mass is 9.97. The number of anilines is 1. The average molecular weight is 241 g/mol. The molecule has 0 aromatic carbocycles. The van der Waals surface area contributed by atoms with Gasteiger partial charge in [0.05, 0.1) is 6.20 Å². The van der Waals surface area contributed by atoms with E-state index in [-0.39, 0.29) is 5.28 Å². The molecule has 0 aliphatic heterocycles. The molecular formula is C11H17ClN4. The van der Waals surface area contributed by atoms with Crippen molar-refractivity contribution in [1.82, 2.24) is 15.2 Å². The Balaban J connectivity index is 1.91. The van der Waals surface area contributed by atoms with Gasteiger partial charge in [-0.05, 0) is 24.4 Å². The standard InChI is InChI=1S/C11H17ClN4/c12-11-15-10(8-13-16-11)14-9-6-4-2-1-3-5-7-9/h8-9H,1-7H2,(H,14,15,16). The van der Waals surface area contributed by atoms with Gasteiger partial charge in [0, 0.05) is 6.04 Å². The fraction of sp³-hybridized carbons (Fsp3) is 0.727. The van der Waals surface area contributed by atoms with Crippen molar-refractivity contribution in [2.24, 2.45) is 0 Å². The van der Waals surface area contributed by atoms with Gasteiger partial charge in [-0.3, -0.25) is 0 Å². The van der Waals surface area contributed by atoms with Crippen LogP contribution in [0.15, 0.2) is 6.20 Å². The quantitative estimate of drug-likeness (QED) is 0.863. The SMILES string of the molecule is Clc1nncc(NC2CCCCCCC2)n1. The van der Waals surface area contributed by atoms with Gasteiger partial charge in [0.2, 0.25) is 5.28 Å². The minimum Gasteiger partial charge on any atom is -0.366 e. The van der Waals surface area contributed by atoms with Crippen LogP contribution in [-0.2, 0) is 0 Å². The van der Waals surface area contributed by atoms with Gasteiger partial charge in [-0.15, -0.1) is 5.10 Å². The molecule has 0 atom stereocenters. The third-order valence-electron chi connectivity index (χ3n) is 2.99. The van der Waals surface area contributed by atoms with Crippen molar-refractivity contribution in [3.63, 3.8) is 0 Å². The summed E-state index contributed by atoms with van der Waals surface area (Å²) in [5.74, 6) is 0.741. The molecular weight excluding hydrogens is 224 g/mol. The zero-order chi connectivity index (χ0) is 11.2. The van der Waals surface area contributed by atoms with Crippen LogP contribution in [0.5, 0.6) is 0 Å². The third kappa shape index (κ3) is 3.59. The molecule has 0 unspecified atom stereocenters. The Morgan fingerprint density at radius 3 is 2.50 bits per heavy atom. The van der Waals surface area contributed by atoms with Gasteiger partial charge in [0.1, 0.15) is 5.82 Å². The van der Waals surface area contributed by atoms with E-state index >= 15 is 0 Å². The summed E-state index contributed by atoms with van der Waals surface area (Å²) >= 11 is 5.70. The zero-order valence-electron chi connectivity index (χ0n) is 9.32. The summed E-state index contributed by atoms with van der Waals surface area (Å²) in [5, 5.41) is 11.0. The number of hydrogen-bond donors (Lipinski definition) is 1. The van der Waals surface area contributed by atoms with E-state index in [4.69, 9.17) is 11.6 Å². The lowest BCUT2D eigenvalue weighted by Gasteiger charge is -2.21. The molecule has 5 heteroatoms. The maximum Gasteiger partial charge on any atom is 0.244 e. The molecule has 0 amide bonds. The molecule has 1 aliphatic rings. The fourth-order valence-electron chi connectivity index (χ4n) is 2.16. The summed E-state index contributed by atoms with van der Waals surface area (Å²) in [5.41, 5.74) is 0. The van der Waals surface area contributed by atoms with Gasteiger partial charge in [-0.2, -0.15) is 10.1 Å². The Hall–Kier alpha value is -0.900. The lowest BCUT2D eigenvalue weighted by molar-refractivity contribution is 0.470. The number of rotatable bonds is 2. The van der Waals surface area contributed by atoms with Crippen LogP contribution < -0.4 is 5.32 Å². The monoisotopic (exact) mass is 240 g/mol. The molecule has 0 bridgehead atoms. The first-order valence-electron chi connectivity index (χ1n) is 5.96. The van der Waals surface area contributed by atoms with Crippen LogP contribution in [0.4, 0.5) is 5.82 Å². The first-order chi connectivity index (χ1) is 7.84. The second-order valence-electron chi connectivity index (χ2n) is 4.30. The molecule has 1 saturated carbocycles. The number of aromatic nitrogens is 3. The Kier molecular flexibility index (Phi) is 4.34. The summed E-state index contributed by atoms with van der Waals surface area (Å²) in [6.07, 6.45) is 10.7. The van der Waals surface area contributed by atoms with Crippen LogP contribution in [-0.4, -0.2) is 21.2 Å². The molecule has 1 fully saturated rings. The Bertz CT molecular complexity index is 324. The fourth-order valence-corrected chi connectivity index (χ4v) is 2.30. The van der Waals surface area contributed by atoms with Gasteiger partial charge in [0.15, 0.2) is 0 Å². The number of hydrogen-bond acceptors (Lipinski definition) is 4. The lowest BCUT2D eigenvalue weighted by Crippen LogP contribution is -2.21. The van der Waals surface area contributed by atoms with Gasteiger partial charge >= 0.3 is 0 Å². The second kappa shape index (κ2) is 5.99. The highest BCUT2D eigenvalue weighted by atomic mass is 35.5. The molecule has 1 heterocycles. The van der Waals surface area contributed by atoms with E-state index in [0.717, 1.165) is 5.82 Å². The normalized spacial score (nSPS) is 18.8. The van der Waals surface area contributed by atoms with E-state index in [1.165, 1.54) is 44.9 Å². The molecule has 2 rings (SSSR count). The smallest absolute Gasteiger partial charge is 0.244 e. The topological polar surface area (TPSA) is 50.7 Å². The largest absolute Gasteiger partial charge is 0.366 e. The van der Waals surface area contributed by atoms with Gasteiger partial charge < -0.3 is 5.32 Å². The molecule has 0 saturated heterocycles. The molecule has 88 valence electrons. The molecule has 16 heavy (non-hydrogen) atoms. The predicted molar refractivity (Wildman–Crippen MR) is 64.6 cm³/mol. The van der Waals surface area contributed by atoms with Crippen molar-refractivity contribution in [3.05, 3.63) is 11.5 Å². The van der Waals surface area contributed by atoms with Crippen LogP contribution in [0.1, 0.15) is 44.9 Å². The van der Waals surface area contributed by atoms with Crippen molar-refractivity contribution in [2.45, 2.75) is 51.0 Å². The molecule has 4 nitrogen and oxygen atoms in total. The van der Waals surface area contributed by atoms with E-state index < -0.39 is 0 Å². The summed E-state index contributed by atoms with van der Waals surface area (Å²) in [6, 6.07) is 0.507. The summed E-state index contributed by atoms with van der Waals surface area (Å²) < 4.78 is 0. The Morgan fingerprint density at radius 1 is 1.12 bits per heavy atom. The molecule has 1 aromatic rings. The van der Waals surface area contributed by atoms with E-state index in [1.807, 2.05) is 0 Å². The van der Waals surface area contributed by atoms with Gasteiger partial charge in [-0.1, -0.05) is 32.1 Å². The highest BCUT2D eigenvalue weighted by molar-refractivity contribution is 6.28. The van der Waals surface area contributed by atoms with Crippen molar-refractivity contribution >= 4 is 17.4 Å². The summed E-state index contributed by atoms with van der Waals surface area (Å²) in [4.78, 5) is 4.10. The van der Waals surface area contributed by atoms with Crippen LogP contribution in [0, 0.1) is 0 Å². The minimum atomic E-state index is 0.204. The maximum atomic E-state index is 5.70. The second-order valence-corrected chi connectivity index (χ2v) is 4.64. The minimum absolute atomic E-state index is 0.204. The molecule has 0 spiro atoms. The summed E-state index contributed by atoms with van der Waals surface area (Å²) in [7, 11) is 0. The van der Waals surface area contributed by atoms with Crippen molar-refractivity contribution in [1.29, 1.82) is 0 Å². The maximum absolute atomic E-state index is 5.70. The van der Waals surface area contributed by atoms with Crippen LogP contribution >= 0.6 is 11.6 Å². The van der Waals surface area contributed by atoms with Crippen LogP contribution in [0.2, 0.25) is 5.28 Å². The van der Waals surface area contributed by atoms with E-state index in [9.17, 15) is 0 Å². The van der Waals surface area contributed by atoms with Gasteiger partial charge in [0.25, 0.3) is 0 Å². The van der Waals surface area contributed by atoms with E-state index in [1.54, 1.807) is 6.20 Å². The highest BCUT2D eigenvalue weighted by Gasteiger charge is 2.11. The van der Waals surface area contributed by atoms with E-state index in [0.29, 0.717) is 6.04 Å². The Morgan fingerprint density at radius 2 is 1.81 bits per heavy atom. The predicted octanol–water partition coefficient (Wildman–Crippen LogP) is 3.05. The van der Waals surface area contributed by atoms with Gasteiger partial charge in [-0.25, -0.2) is 0 Å². The number of nitrogens with zero attached hydrogens (tertiary/aromatic N) is 3. The Labute approximate surface area is 101 Å². The van der Waals surface area contributed by atoms with Crippen molar-refractivity contribution < 1.29 is 0 Å².